The summed E-state index contributed by atoms with van der Waals surface area (Å²) in [7, 11) is 5.26. The van der Waals surface area contributed by atoms with Crippen molar-refractivity contribution in [1.29, 1.82) is 0 Å². The monoisotopic (exact) mass is 365 g/mol. The van der Waals surface area contributed by atoms with Crippen molar-refractivity contribution in [2.24, 2.45) is 7.05 Å². The lowest BCUT2D eigenvalue weighted by atomic mass is 10.1. The van der Waals surface area contributed by atoms with Gasteiger partial charge in [0.25, 0.3) is 5.91 Å². The number of aryl methyl sites for hydroxylation is 2. The molecule has 2 aromatic heterocycles. The van der Waals surface area contributed by atoms with Gasteiger partial charge < -0.3 is 9.64 Å². The van der Waals surface area contributed by atoms with Crippen LogP contribution in [-0.2, 0) is 13.6 Å². The number of hydrogen-bond donors (Lipinski definition) is 0. The van der Waals surface area contributed by atoms with E-state index in [9.17, 15) is 4.79 Å². The molecule has 0 N–H and O–H groups in total. The van der Waals surface area contributed by atoms with Crippen LogP contribution in [0.3, 0.4) is 0 Å². The van der Waals surface area contributed by atoms with E-state index in [1.54, 1.807) is 43.5 Å². The molecular weight excluding hydrogens is 342 g/mol. The number of carbonyl (C=O) groups is 1. The summed E-state index contributed by atoms with van der Waals surface area (Å²) in [6.07, 6.45) is 1.63. The maximum absolute atomic E-state index is 12.9. The second-order valence-corrected chi connectivity index (χ2v) is 6.44. The Morgan fingerprint density at radius 2 is 2.04 bits per heavy atom. The molecular formula is C20H23N5O2. The third-order valence-electron chi connectivity index (χ3n) is 4.61. The average Bonchev–Trinajstić information content (AvgIpc) is 2.93. The molecule has 3 rings (SSSR count). The van der Waals surface area contributed by atoms with Gasteiger partial charge in [-0.15, -0.1) is 0 Å². The molecule has 140 valence electrons. The van der Waals surface area contributed by atoms with Crippen LogP contribution < -0.4 is 4.74 Å². The van der Waals surface area contributed by atoms with Crippen LogP contribution in [0, 0.1) is 13.8 Å². The number of ether oxygens (including phenoxy) is 1. The zero-order chi connectivity index (χ0) is 19.6. The molecule has 7 heteroatoms. The maximum Gasteiger partial charge on any atom is 0.253 e. The first-order chi connectivity index (χ1) is 12.9. The summed E-state index contributed by atoms with van der Waals surface area (Å²) in [5, 5.41) is 4.42. The van der Waals surface area contributed by atoms with E-state index in [4.69, 9.17) is 4.74 Å². The van der Waals surface area contributed by atoms with Crippen molar-refractivity contribution in [3.05, 3.63) is 59.0 Å². The third-order valence-corrected chi connectivity index (χ3v) is 4.61. The van der Waals surface area contributed by atoms with E-state index < -0.39 is 0 Å². The van der Waals surface area contributed by atoms with E-state index in [2.05, 4.69) is 15.1 Å². The van der Waals surface area contributed by atoms with Crippen molar-refractivity contribution in [2.75, 3.05) is 14.2 Å². The molecule has 1 amide bonds. The first-order valence-corrected chi connectivity index (χ1v) is 8.62. The second-order valence-electron chi connectivity index (χ2n) is 6.44. The van der Waals surface area contributed by atoms with Crippen LogP contribution in [0.4, 0.5) is 0 Å². The number of amides is 1. The first kappa shape index (κ1) is 18.6. The predicted molar refractivity (Wildman–Crippen MR) is 102 cm³/mol. The lowest BCUT2D eigenvalue weighted by Crippen LogP contribution is -2.26. The van der Waals surface area contributed by atoms with Crippen molar-refractivity contribution in [2.45, 2.75) is 20.4 Å². The van der Waals surface area contributed by atoms with Gasteiger partial charge in [-0.1, -0.05) is 12.1 Å². The summed E-state index contributed by atoms with van der Waals surface area (Å²) in [5.41, 5.74) is 4.42. The van der Waals surface area contributed by atoms with Gasteiger partial charge >= 0.3 is 0 Å². The lowest BCUT2D eigenvalue weighted by Gasteiger charge is -2.18. The van der Waals surface area contributed by atoms with Gasteiger partial charge in [-0.05, 0) is 26.0 Å². The van der Waals surface area contributed by atoms with Gasteiger partial charge in [0, 0.05) is 55.3 Å². The first-order valence-electron chi connectivity index (χ1n) is 8.62. The van der Waals surface area contributed by atoms with E-state index >= 15 is 0 Å². The molecule has 0 aliphatic carbocycles. The highest BCUT2D eigenvalue weighted by Gasteiger charge is 2.17. The number of rotatable bonds is 5. The number of carbonyl (C=O) groups excluding carboxylic acids is 1. The molecule has 0 unspecified atom stereocenters. The van der Waals surface area contributed by atoms with Crippen LogP contribution in [-0.4, -0.2) is 44.7 Å². The van der Waals surface area contributed by atoms with Crippen molar-refractivity contribution < 1.29 is 9.53 Å². The molecule has 0 spiro atoms. The molecule has 0 saturated heterocycles. The Morgan fingerprint density at radius 1 is 1.26 bits per heavy atom. The fourth-order valence-corrected chi connectivity index (χ4v) is 2.96. The molecule has 0 aliphatic heterocycles. The zero-order valence-corrected chi connectivity index (χ0v) is 16.2. The normalized spacial score (nSPS) is 10.7. The SMILES string of the molecule is COc1ccnc(-c2cccc(C(=O)N(C)Cc3c(C)nn(C)c3C)c2)n1. The van der Waals surface area contributed by atoms with Gasteiger partial charge in [0.05, 0.1) is 12.8 Å². The van der Waals surface area contributed by atoms with Gasteiger partial charge in [0.1, 0.15) is 0 Å². The Bertz CT molecular complexity index is 980. The highest BCUT2D eigenvalue weighted by Crippen LogP contribution is 2.20. The number of hydrogen-bond acceptors (Lipinski definition) is 5. The van der Waals surface area contributed by atoms with Gasteiger partial charge in [-0.2, -0.15) is 10.1 Å². The minimum Gasteiger partial charge on any atom is -0.481 e. The van der Waals surface area contributed by atoms with Gasteiger partial charge in [0.15, 0.2) is 5.82 Å². The average molecular weight is 365 g/mol. The standard InChI is InChI=1S/C20H23N5O2/c1-13-17(14(2)25(4)23-13)12-24(3)20(26)16-8-6-7-15(11-16)19-21-10-9-18(22-19)27-5/h6-11H,12H2,1-5H3. The Balaban J connectivity index is 1.84. The van der Waals surface area contributed by atoms with Crippen molar-refractivity contribution >= 4 is 5.91 Å². The molecule has 0 fully saturated rings. The number of benzene rings is 1. The summed E-state index contributed by atoms with van der Waals surface area (Å²) in [4.78, 5) is 23.2. The van der Waals surface area contributed by atoms with Gasteiger partial charge in [-0.3, -0.25) is 9.48 Å². The fraction of sp³-hybridized carbons (Fsp3) is 0.300. The zero-order valence-electron chi connectivity index (χ0n) is 16.2. The second kappa shape index (κ2) is 7.57. The fourth-order valence-electron chi connectivity index (χ4n) is 2.96. The van der Waals surface area contributed by atoms with Crippen LogP contribution in [0.2, 0.25) is 0 Å². The quantitative estimate of drug-likeness (QED) is 0.695. The minimum absolute atomic E-state index is 0.0672. The summed E-state index contributed by atoms with van der Waals surface area (Å²) >= 11 is 0. The van der Waals surface area contributed by atoms with Crippen molar-refractivity contribution in [3.8, 4) is 17.3 Å². The molecule has 2 heterocycles. The van der Waals surface area contributed by atoms with Crippen molar-refractivity contribution in [3.63, 3.8) is 0 Å². The Morgan fingerprint density at radius 3 is 2.70 bits per heavy atom. The number of nitrogens with zero attached hydrogens (tertiary/aromatic N) is 5. The molecule has 0 atom stereocenters. The Hall–Kier alpha value is -3.22. The number of methoxy groups -OCH3 is 1. The van der Waals surface area contributed by atoms with Gasteiger partial charge in [0.2, 0.25) is 5.88 Å². The molecule has 3 aromatic rings. The van der Waals surface area contributed by atoms with Crippen molar-refractivity contribution in [1.82, 2.24) is 24.6 Å². The summed E-state index contributed by atoms with van der Waals surface area (Å²) in [6, 6.07) is 8.99. The van der Waals surface area contributed by atoms with Crippen LogP contribution in [0.5, 0.6) is 5.88 Å². The molecule has 0 radical (unpaired) electrons. The molecule has 0 bridgehead atoms. The van der Waals surface area contributed by atoms with E-state index in [-0.39, 0.29) is 5.91 Å². The highest BCUT2D eigenvalue weighted by molar-refractivity contribution is 5.95. The molecule has 0 saturated carbocycles. The summed E-state index contributed by atoms with van der Waals surface area (Å²) in [5.74, 6) is 0.935. The summed E-state index contributed by atoms with van der Waals surface area (Å²) < 4.78 is 6.99. The lowest BCUT2D eigenvalue weighted by molar-refractivity contribution is 0.0785. The maximum atomic E-state index is 12.9. The largest absolute Gasteiger partial charge is 0.481 e. The van der Waals surface area contributed by atoms with Crippen LogP contribution >= 0.6 is 0 Å². The topological polar surface area (TPSA) is 73.1 Å². The highest BCUT2D eigenvalue weighted by atomic mass is 16.5. The van der Waals surface area contributed by atoms with Crippen LogP contribution in [0.25, 0.3) is 11.4 Å². The Kier molecular flexibility index (Phi) is 5.21. The third kappa shape index (κ3) is 3.81. The van der Waals surface area contributed by atoms with Crippen LogP contribution in [0.1, 0.15) is 27.3 Å². The smallest absolute Gasteiger partial charge is 0.253 e. The Labute approximate surface area is 158 Å². The predicted octanol–water partition coefficient (Wildman–Crippen LogP) is 2.77. The van der Waals surface area contributed by atoms with E-state index in [1.807, 2.05) is 37.7 Å². The summed E-state index contributed by atoms with van der Waals surface area (Å²) in [6.45, 7) is 4.47. The molecule has 0 aliphatic rings. The molecule has 1 aromatic carbocycles. The van der Waals surface area contributed by atoms with Crippen LogP contribution in [0.15, 0.2) is 36.5 Å². The van der Waals surface area contributed by atoms with E-state index in [0.717, 1.165) is 22.5 Å². The number of aromatic nitrogens is 4. The van der Waals surface area contributed by atoms with Gasteiger partial charge in [-0.25, -0.2) is 4.98 Å². The molecule has 7 nitrogen and oxygen atoms in total. The molecule has 27 heavy (non-hydrogen) atoms. The van der Waals surface area contributed by atoms with E-state index in [1.165, 1.54) is 0 Å². The van der Waals surface area contributed by atoms with E-state index in [0.29, 0.717) is 23.8 Å². The minimum atomic E-state index is -0.0672.